The Morgan fingerprint density at radius 2 is 2.12 bits per heavy atom. The van der Waals surface area contributed by atoms with E-state index < -0.39 is 4.92 Å². The van der Waals surface area contributed by atoms with Gasteiger partial charge in [-0.25, -0.2) is 4.98 Å². The van der Waals surface area contributed by atoms with E-state index in [4.69, 9.17) is 0 Å². The molecule has 0 radical (unpaired) electrons. The first-order valence-electron chi connectivity index (χ1n) is 4.73. The minimum Gasteiger partial charge on any atom is -0.357 e. The van der Waals surface area contributed by atoms with E-state index in [0.717, 1.165) is 21.4 Å². The van der Waals surface area contributed by atoms with Crippen LogP contribution in [0.3, 0.4) is 0 Å². The van der Waals surface area contributed by atoms with Crippen molar-refractivity contribution in [2.75, 3.05) is 5.32 Å². The minimum absolute atomic E-state index is 0.0447. The fourth-order valence-electron chi connectivity index (χ4n) is 1.21. The summed E-state index contributed by atoms with van der Waals surface area (Å²) in [7, 11) is 0. The number of anilines is 1. The van der Waals surface area contributed by atoms with Crippen LogP contribution in [-0.2, 0) is 6.54 Å². The van der Waals surface area contributed by atoms with Crippen molar-refractivity contribution >= 4 is 37.4 Å². The molecule has 0 atom stereocenters. The number of thiazole rings is 1. The summed E-state index contributed by atoms with van der Waals surface area (Å²) < 4.78 is 1.02. The Balaban J connectivity index is 1.97. The fraction of sp³-hybridized carbons (Fsp3) is 0.100. The molecule has 5 nitrogen and oxygen atoms in total. The predicted octanol–water partition coefficient (Wildman–Crippen LogP) is 3.43. The van der Waals surface area contributed by atoms with E-state index in [0.29, 0.717) is 11.7 Å². The predicted molar refractivity (Wildman–Crippen MR) is 70.2 cm³/mol. The van der Waals surface area contributed by atoms with Crippen LogP contribution in [0.5, 0.6) is 0 Å². The highest BCUT2D eigenvalue weighted by Crippen LogP contribution is 2.25. The lowest BCUT2D eigenvalue weighted by Crippen LogP contribution is -1.98. The second kappa shape index (κ2) is 5.24. The van der Waals surface area contributed by atoms with Crippen LogP contribution in [0.1, 0.15) is 5.56 Å². The minimum atomic E-state index is -0.442. The number of rotatable bonds is 4. The molecule has 1 aromatic carbocycles. The molecule has 1 heterocycles. The Kier molecular flexibility index (Phi) is 3.70. The van der Waals surface area contributed by atoms with Gasteiger partial charge in [-0.15, -0.1) is 0 Å². The molecule has 88 valence electrons. The van der Waals surface area contributed by atoms with Crippen LogP contribution in [0.15, 0.2) is 34.9 Å². The van der Waals surface area contributed by atoms with E-state index >= 15 is 0 Å². The van der Waals surface area contributed by atoms with Crippen LogP contribution < -0.4 is 5.32 Å². The fourth-order valence-corrected chi connectivity index (χ4v) is 2.10. The van der Waals surface area contributed by atoms with Gasteiger partial charge in [0, 0.05) is 11.0 Å². The molecule has 0 aliphatic rings. The van der Waals surface area contributed by atoms with Crippen molar-refractivity contribution in [1.82, 2.24) is 4.98 Å². The van der Waals surface area contributed by atoms with Crippen LogP contribution in [0, 0.1) is 10.1 Å². The number of benzene rings is 1. The lowest BCUT2D eigenvalue weighted by molar-refractivity contribution is -0.380. The molecule has 0 bridgehead atoms. The highest BCUT2D eigenvalue weighted by atomic mass is 79.9. The molecule has 1 N–H and O–H groups in total. The number of nitro groups is 1. The Hall–Kier alpha value is -1.47. The first-order chi connectivity index (χ1) is 8.15. The largest absolute Gasteiger partial charge is 0.357 e. The van der Waals surface area contributed by atoms with Gasteiger partial charge in [0.15, 0.2) is 5.13 Å². The van der Waals surface area contributed by atoms with Crippen molar-refractivity contribution < 1.29 is 4.92 Å². The van der Waals surface area contributed by atoms with Gasteiger partial charge in [-0.1, -0.05) is 28.1 Å². The Labute approximate surface area is 110 Å². The third-order valence-corrected chi connectivity index (χ3v) is 3.47. The van der Waals surface area contributed by atoms with Crippen LogP contribution in [0.2, 0.25) is 0 Å². The molecule has 7 heteroatoms. The molecule has 0 saturated heterocycles. The zero-order valence-electron chi connectivity index (χ0n) is 8.59. The number of nitrogens with one attached hydrogen (secondary N) is 1. The van der Waals surface area contributed by atoms with Gasteiger partial charge < -0.3 is 5.32 Å². The molecule has 0 amide bonds. The molecule has 0 spiro atoms. The van der Waals surface area contributed by atoms with Crippen molar-refractivity contribution in [3.8, 4) is 0 Å². The lowest BCUT2D eigenvalue weighted by atomic mass is 10.2. The Bertz CT molecular complexity index is 527. The average Bonchev–Trinajstić information content (AvgIpc) is 2.77. The van der Waals surface area contributed by atoms with Gasteiger partial charge in [0.25, 0.3) is 0 Å². The summed E-state index contributed by atoms with van der Waals surface area (Å²) in [5, 5.41) is 14.1. The number of aromatic nitrogens is 1. The van der Waals surface area contributed by atoms with Crippen molar-refractivity contribution in [1.29, 1.82) is 0 Å². The second-order valence-electron chi connectivity index (χ2n) is 3.24. The maximum atomic E-state index is 10.5. The van der Waals surface area contributed by atoms with Gasteiger partial charge in [0.1, 0.15) is 6.20 Å². The van der Waals surface area contributed by atoms with Gasteiger partial charge in [0.2, 0.25) is 0 Å². The molecule has 2 rings (SSSR count). The van der Waals surface area contributed by atoms with Crippen molar-refractivity contribution in [3.63, 3.8) is 0 Å². The van der Waals surface area contributed by atoms with E-state index in [1.54, 1.807) is 0 Å². The molecule has 2 aromatic rings. The van der Waals surface area contributed by atoms with Gasteiger partial charge in [-0.05, 0) is 29.0 Å². The number of nitrogens with zero attached hydrogens (tertiary/aromatic N) is 2. The highest BCUT2D eigenvalue weighted by molar-refractivity contribution is 9.10. The van der Waals surface area contributed by atoms with E-state index in [-0.39, 0.29) is 5.00 Å². The van der Waals surface area contributed by atoms with E-state index in [2.05, 4.69) is 26.2 Å². The standard InChI is InChI=1S/C10H8BrN3O2S/c11-8-3-1-7(2-4-8)5-12-10-13-6-9(17-10)14(15)16/h1-4,6H,5H2,(H,12,13). The van der Waals surface area contributed by atoms with Crippen molar-refractivity contribution in [2.45, 2.75) is 6.54 Å². The molecule has 0 fully saturated rings. The van der Waals surface area contributed by atoms with Crippen LogP contribution in [0.4, 0.5) is 10.1 Å². The van der Waals surface area contributed by atoms with Crippen molar-refractivity contribution in [2.24, 2.45) is 0 Å². The van der Waals surface area contributed by atoms with Crippen LogP contribution in [0.25, 0.3) is 0 Å². The molecule has 1 aromatic heterocycles. The highest BCUT2D eigenvalue weighted by Gasteiger charge is 2.10. The quantitative estimate of drug-likeness (QED) is 0.693. The van der Waals surface area contributed by atoms with Crippen molar-refractivity contribution in [3.05, 3.63) is 50.6 Å². The molecule has 0 aliphatic carbocycles. The third-order valence-electron chi connectivity index (χ3n) is 2.03. The zero-order valence-corrected chi connectivity index (χ0v) is 11.0. The van der Waals surface area contributed by atoms with Gasteiger partial charge in [-0.3, -0.25) is 10.1 Å². The summed E-state index contributed by atoms with van der Waals surface area (Å²) >= 11 is 4.39. The normalized spacial score (nSPS) is 10.2. The van der Waals surface area contributed by atoms with Gasteiger partial charge in [0.05, 0.1) is 4.92 Å². The maximum Gasteiger partial charge on any atom is 0.345 e. The second-order valence-corrected chi connectivity index (χ2v) is 5.17. The Morgan fingerprint density at radius 3 is 2.71 bits per heavy atom. The molecule has 0 saturated carbocycles. The summed E-state index contributed by atoms with van der Waals surface area (Å²) in [5.41, 5.74) is 1.09. The summed E-state index contributed by atoms with van der Waals surface area (Å²) in [5.74, 6) is 0. The number of hydrogen-bond donors (Lipinski definition) is 1. The maximum absolute atomic E-state index is 10.5. The Morgan fingerprint density at radius 1 is 1.41 bits per heavy atom. The molecule has 17 heavy (non-hydrogen) atoms. The number of hydrogen-bond acceptors (Lipinski definition) is 5. The van der Waals surface area contributed by atoms with E-state index in [9.17, 15) is 10.1 Å². The summed E-state index contributed by atoms with van der Waals surface area (Å²) in [6.07, 6.45) is 1.26. The summed E-state index contributed by atoms with van der Waals surface area (Å²) in [6, 6.07) is 7.83. The summed E-state index contributed by atoms with van der Waals surface area (Å²) in [4.78, 5) is 14.0. The van der Waals surface area contributed by atoms with E-state index in [1.165, 1.54) is 6.20 Å². The molecular formula is C10H8BrN3O2S. The topological polar surface area (TPSA) is 68.1 Å². The third kappa shape index (κ3) is 3.24. The first-order valence-corrected chi connectivity index (χ1v) is 6.34. The molecule has 0 unspecified atom stereocenters. The number of halogens is 1. The van der Waals surface area contributed by atoms with E-state index in [1.807, 2.05) is 24.3 Å². The summed E-state index contributed by atoms with van der Waals surface area (Å²) in [6.45, 7) is 0.595. The average molecular weight is 314 g/mol. The monoisotopic (exact) mass is 313 g/mol. The van der Waals surface area contributed by atoms with Gasteiger partial charge in [-0.2, -0.15) is 0 Å². The first kappa shape index (κ1) is 12.0. The molecular weight excluding hydrogens is 306 g/mol. The van der Waals surface area contributed by atoms with Crippen LogP contribution in [-0.4, -0.2) is 9.91 Å². The van der Waals surface area contributed by atoms with Crippen LogP contribution >= 0.6 is 27.3 Å². The SMILES string of the molecule is O=[N+]([O-])c1cnc(NCc2ccc(Br)cc2)s1. The smallest absolute Gasteiger partial charge is 0.345 e. The lowest BCUT2D eigenvalue weighted by Gasteiger charge is -2.02. The zero-order chi connectivity index (χ0) is 12.3. The van der Waals surface area contributed by atoms with Gasteiger partial charge >= 0.3 is 5.00 Å². The molecule has 0 aliphatic heterocycles.